The Morgan fingerprint density at radius 2 is 2.04 bits per heavy atom. The fraction of sp³-hybridized carbons (Fsp3) is 0.824. The lowest BCUT2D eigenvalue weighted by Gasteiger charge is -2.31. The normalized spacial score (nSPS) is 24.6. The number of hydrogen-bond donors (Lipinski definition) is 0. The molecule has 24 heavy (non-hydrogen) atoms. The molecule has 2 rings (SSSR count). The molecule has 2 atom stereocenters. The van der Waals surface area contributed by atoms with Crippen molar-refractivity contribution in [2.45, 2.75) is 58.6 Å². The average Bonchev–Trinajstić information content (AvgIpc) is 3.02. The van der Waals surface area contributed by atoms with Crippen LogP contribution in [0.25, 0.3) is 0 Å². The molecule has 0 aromatic heterocycles. The van der Waals surface area contributed by atoms with E-state index in [-0.39, 0.29) is 29.1 Å². The summed E-state index contributed by atoms with van der Waals surface area (Å²) in [7, 11) is 0. The zero-order chi connectivity index (χ0) is 17.9. The maximum absolute atomic E-state index is 12.3. The van der Waals surface area contributed by atoms with Gasteiger partial charge in [0.15, 0.2) is 5.12 Å². The summed E-state index contributed by atoms with van der Waals surface area (Å²) in [6, 6.07) is 0.0306. The van der Waals surface area contributed by atoms with Gasteiger partial charge in [-0.3, -0.25) is 9.59 Å². The first-order valence-corrected chi connectivity index (χ1v) is 9.55. The Bertz CT molecular complexity index is 503. The van der Waals surface area contributed by atoms with Gasteiger partial charge in [0.1, 0.15) is 5.60 Å². The second kappa shape index (κ2) is 7.76. The van der Waals surface area contributed by atoms with E-state index in [0.717, 1.165) is 12.8 Å². The van der Waals surface area contributed by atoms with Crippen LogP contribution in [-0.2, 0) is 14.3 Å². The Kier molecular flexibility index (Phi) is 6.17. The van der Waals surface area contributed by atoms with Gasteiger partial charge in [0, 0.05) is 38.7 Å². The van der Waals surface area contributed by atoms with E-state index in [4.69, 9.17) is 4.74 Å². The summed E-state index contributed by atoms with van der Waals surface area (Å²) < 4.78 is 5.47. The standard InChI is InChI=1S/C17H28N2O4S/c1-12(20)24-11-13-8-15(21)18(9-13)10-14-6-5-7-19(14)16(22)23-17(2,3)4/h13-14H,5-11H2,1-4H3. The summed E-state index contributed by atoms with van der Waals surface area (Å²) >= 11 is 1.28. The minimum Gasteiger partial charge on any atom is -0.444 e. The second-order valence-electron chi connectivity index (χ2n) is 7.64. The molecule has 0 bridgehead atoms. The van der Waals surface area contributed by atoms with Crippen molar-refractivity contribution in [3.05, 3.63) is 0 Å². The van der Waals surface area contributed by atoms with Crippen LogP contribution in [0.2, 0.25) is 0 Å². The van der Waals surface area contributed by atoms with Crippen LogP contribution in [0, 0.1) is 5.92 Å². The van der Waals surface area contributed by atoms with Crippen LogP contribution in [0.4, 0.5) is 4.79 Å². The molecule has 7 heteroatoms. The largest absolute Gasteiger partial charge is 0.444 e. The third-order valence-electron chi connectivity index (χ3n) is 4.25. The molecule has 6 nitrogen and oxygen atoms in total. The van der Waals surface area contributed by atoms with Gasteiger partial charge in [0.2, 0.25) is 5.91 Å². The van der Waals surface area contributed by atoms with Gasteiger partial charge in [-0.2, -0.15) is 0 Å². The second-order valence-corrected chi connectivity index (χ2v) is 8.84. The molecule has 2 fully saturated rings. The number of amides is 2. The van der Waals surface area contributed by atoms with Crippen molar-refractivity contribution in [1.82, 2.24) is 9.80 Å². The molecule has 0 saturated carbocycles. The van der Waals surface area contributed by atoms with Crippen LogP contribution in [0.1, 0.15) is 47.0 Å². The van der Waals surface area contributed by atoms with Crippen molar-refractivity contribution in [1.29, 1.82) is 0 Å². The van der Waals surface area contributed by atoms with Gasteiger partial charge in [0.25, 0.3) is 0 Å². The number of likely N-dealkylation sites (tertiary alicyclic amines) is 2. The van der Waals surface area contributed by atoms with Crippen molar-refractivity contribution in [2.75, 3.05) is 25.4 Å². The summed E-state index contributed by atoms with van der Waals surface area (Å²) in [6.07, 6.45) is 2.05. The third-order valence-corrected chi connectivity index (χ3v) is 5.30. The quantitative estimate of drug-likeness (QED) is 0.774. The summed E-state index contributed by atoms with van der Waals surface area (Å²) in [5.74, 6) is 1.04. The number of rotatable bonds is 4. The SMILES string of the molecule is CC(=O)SCC1CC(=O)N(CC2CCCN2C(=O)OC(C)(C)C)C1. The number of ether oxygens (including phenoxy) is 1. The number of carbonyl (C=O) groups is 3. The van der Waals surface area contributed by atoms with Gasteiger partial charge in [-0.25, -0.2) is 4.79 Å². The highest BCUT2D eigenvalue weighted by molar-refractivity contribution is 8.13. The Balaban J connectivity index is 1.88. The van der Waals surface area contributed by atoms with E-state index in [1.165, 1.54) is 11.8 Å². The molecule has 2 unspecified atom stereocenters. The van der Waals surface area contributed by atoms with E-state index in [1.807, 2.05) is 25.7 Å². The predicted octanol–water partition coefficient (Wildman–Crippen LogP) is 2.51. The maximum Gasteiger partial charge on any atom is 0.410 e. The third kappa shape index (κ3) is 5.40. The highest BCUT2D eigenvalue weighted by atomic mass is 32.2. The van der Waals surface area contributed by atoms with E-state index in [9.17, 15) is 14.4 Å². The zero-order valence-electron chi connectivity index (χ0n) is 15.0. The van der Waals surface area contributed by atoms with Crippen LogP contribution in [0.3, 0.4) is 0 Å². The lowest BCUT2D eigenvalue weighted by Crippen LogP contribution is -2.45. The summed E-state index contributed by atoms with van der Waals surface area (Å²) in [6.45, 7) is 9.06. The molecule has 2 saturated heterocycles. The maximum atomic E-state index is 12.3. The average molecular weight is 356 g/mol. The van der Waals surface area contributed by atoms with Crippen molar-refractivity contribution in [2.24, 2.45) is 5.92 Å². The molecule has 136 valence electrons. The van der Waals surface area contributed by atoms with E-state index in [0.29, 0.717) is 31.8 Å². The van der Waals surface area contributed by atoms with Crippen LogP contribution >= 0.6 is 11.8 Å². The highest BCUT2D eigenvalue weighted by Gasteiger charge is 2.37. The Morgan fingerprint density at radius 1 is 1.33 bits per heavy atom. The summed E-state index contributed by atoms with van der Waals surface area (Å²) in [4.78, 5) is 39.2. The highest BCUT2D eigenvalue weighted by Crippen LogP contribution is 2.26. The van der Waals surface area contributed by atoms with E-state index in [1.54, 1.807) is 11.8 Å². The lowest BCUT2D eigenvalue weighted by atomic mass is 10.1. The van der Waals surface area contributed by atoms with Crippen molar-refractivity contribution >= 4 is 28.9 Å². The minimum atomic E-state index is -0.511. The van der Waals surface area contributed by atoms with Gasteiger partial charge >= 0.3 is 6.09 Å². The van der Waals surface area contributed by atoms with Gasteiger partial charge in [-0.15, -0.1) is 0 Å². The van der Waals surface area contributed by atoms with Crippen molar-refractivity contribution < 1.29 is 19.1 Å². The van der Waals surface area contributed by atoms with Crippen LogP contribution in [-0.4, -0.2) is 63.9 Å². The van der Waals surface area contributed by atoms with Gasteiger partial charge < -0.3 is 14.5 Å². The monoisotopic (exact) mass is 356 g/mol. The van der Waals surface area contributed by atoms with Gasteiger partial charge in [0.05, 0.1) is 6.04 Å². The molecule has 0 radical (unpaired) electrons. The number of nitrogens with zero attached hydrogens (tertiary/aromatic N) is 2. The number of thioether (sulfide) groups is 1. The first-order chi connectivity index (χ1) is 11.2. The van der Waals surface area contributed by atoms with Crippen molar-refractivity contribution in [3.8, 4) is 0 Å². The Morgan fingerprint density at radius 3 is 2.67 bits per heavy atom. The molecule has 0 aliphatic carbocycles. The van der Waals surface area contributed by atoms with E-state index >= 15 is 0 Å². The zero-order valence-corrected chi connectivity index (χ0v) is 15.9. The first-order valence-electron chi connectivity index (χ1n) is 8.56. The van der Waals surface area contributed by atoms with Crippen LogP contribution in [0.15, 0.2) is 0 Å². The topological polar surface area (TPSA) is 66.9 Å². The fourth-order valence-corrected chi connectivity index (χ4v) is 3.91. The van der Waals surface area contributed by atoms with E-state index < -0.39 is 5.60 Å². The molecule has 0 spiro atoms. The Hall–Kier alpha value is -1.24. The molecule has 2 amide bonds. The van der Waals surface area contributed by atoms with Gasteiger partial charge in [-0.1, -0.05) is 11.8 Å². The van der Waals surface area contributed by atoms with Crippen molar-refractivity contribution in [3.63, 3.8) is 0 Å². The molecular weight excluding hydrogens is 328 g/mol. The number of carbonyl (C=O) groups excluding carboxylic acids is 3. The summed E-state index contributed by atoms with van der Waals surface area (Å²) in [5.41, 5.74) is -0.511. The molecule has 0 aromatic carbocycles. The van der Waals surface area contributed by atoms with Crippen LogP contribution in [0.5, 0.6) is 0 Å². The first kappa shape index (κ1) is 19.1. The Labute approximate surface area is 148 Å². The molecule has 2 aliphatic heterocycles. The van der Waals surface area contributed by atoms with Gasteiger partial charge in [-0.05, 0) is 39.5 Å². The predicted molar refractivity (Wildman–Crippen MR) is 93.8 cm³/mol. The fourth-order valence-electron chi connectivity index (χ4n) is 3.22. The molecule has 0 N–H and O–H groups in total. The smallest absolute Gasteiger partial charge is 0.410 e. The molecule has 2 aliphatic rings. The number of hydrogen-bond acceptors (Lipinski definition) is 5. The van der Waals surface area contributed by atoms with Crippen LogP contribution < -0.4 is 0 Å². The molecule has 0 aromatic rings. The lowest BCUT2D eigenvalue weighted by molar-refractivity contribution is -0.128. The van der Waals surface area contributed by atoms with E-state index in [2.05, 4.69) is 0 Å². The summed E-state index contributed by atoms with van der Waals surface area (Å²) in [5, 5.41) is 0.0905. The minimum absolute atomic E-state index is 0.0306. The molecule has 2 heterocycles. The molecular formula is C17H28N2O4S.